The van der Waals surface area contributed by atoms with Crippen LogP contribution in [0.2, 0.25) is 0 Å². The average Bonchev–Trinajstić information content (AvgIpc) is 3.69. The molecule has 3 aromatic carbocycles. The first kappa shape index (κ1) is 29.6. The largest absolute Gasteiger partial charge is 0.497 e. The molecule has 0 unspecified atom stereocenters. The Labute approximate surface area is 237 Å². The summed E-state index contributed by atoms with van der Waals surface area (Å²) in [7, 11) is 3.26. The first-order valence-corrected chi connectivity index (χ1v) is 14.0. The molecule has 1 aliphatic carbocycles. The zero-order valence-corrected chi connectivity index (χ0v) is 24.4. The van der Waals surface area contributed by atoms with Crippen molar-refractivity contribution in [3.63, 3.8) is 0 Å². The molecular weight excluding hydrogens is 507 g/mol. The van der Waals surface area contributed by atoms with Crippen molar-refractivity contribution in [2.75, 3.05) is 14.2 Å². The van der Waals surface area contributed by atoms with E-state index in [1.54, 1.807) is 26.4 Å². The maximum Gasteiger partial charge on any atom is 0.303 e. The quantitative estimate of drug-likeness (QED) is 0.232. The Hall–Kier alpha value is -3.38. The van der Waals surface area contributed by atoms with E-state index in [-0.39, 0.29) is 35.1 Å². The van der Waals surface area contributed by atoms with Gasteiger partial charge in [-0.1, -0.05) is 52.0 Å². The molecule has 0 amide bonds. The molecule has 1 fully saturated rings. The molecular formula is C34H41FO5. The maximum atomic E-state index is 15.1. The molecule has 6 heteroatoms. The van der Waals surface area contributed by atoms with E-state index in [1.807, 2.05) is 42.5 Å². The zero-order chi connectivity index (χ0) is 29.1. The summed E-state index contributed by atoms with van der Waals surface area (Å²) in [6.45, 7) is 8.88. The Bertz CT molecular complexity index is 1340. The zero-order valence-electron chi connectivity index (χ0n) is 24.4. The van der Waals surface area contributed by atoms with Crippen molar-refractivity contribution in [2.45, 2.75) is 72.0 Å². The van der Waals surface area contributed by atoms with Crippen LogP contribution in [0.1, 0.15) is 82.1 Å². The third-order valence-electron chi connectivity index (χ3n) is 8.64. The molecule has 40 heavy (non-hydrogen) atoms. The van der Waals surface area contributed by atoms with Crippen molar-refractivity contribution in [2.24, 2.45) is 10.8 Å². The van der Waals surface area contributed by atoms with Gasteiger partial charge in [0, 0.05) is 12.7 Å². The van der Waals surface area contributed by atoms with Gasteiger partial charge >= 0.3 is 5.97 Å². The van der Waals surface area contributed by atoms with Crippen LogP contribution in [0, 0.1) is 16.6 Å². The smallest absolute Gasteiger partial charge is 0.303 e. The van der Waals surface area contributed by atoms with Gasteiger partial charge in [-0.05, 0) is 94.7 Å². The van der Waals surface area contributed by atoms with Crippen LogP contribution >= 0.6 is 0 Å². The Morgan fingerprint density at radius 2 is 1.77 bits per heavy atom. The number of carboxylic acid groups (broad SMARTS) is 1. The Morgan fingerprint density at radius 1 is 1.02 bits per heavy atom. The summed E-state index contributed by atoms with van der Waals surface area (Å²) in [5, 5.41) is 9.50. The Balaban J connectivity index is 1.66. The van der Waals surface area contributed by atoms with Gasteiger partial charge in [-0.25, -0.2) is 4.39 Å². The molecule has 0 saturated heterocycles. The highest BCUT2D eigenvalue weighted by molar-refractivity contribution is 5.71. The second kappa shape index (κ2) is 12.0. The fourth-order valence-electron chi connectivity index (χ4n) is 5.53. The summed E-state index contributed by atoms with van der Waals surface area (Å²) >= 11 is 0. The van der Waals surface area contributed by atoms with Gasteiger partial charge in [-0.3, -0.25) is 4.79 Å². The molecule has 1 N–H and O–H groups in total. The van der Waals surface area contributed by atoms with Gasteiger partial charge in [-0.15, -0.1) is 0 Å². The summed E-state index contributed by atoms with van der Waals surface area (Å²) in [6.07, 6.45) is 2.77. The van der Waals surface area contributed by atoms with Gasteiger partial charge in [0.2, 0.25) is 0 Å². The van der Waals surface area contributed by atoms with E-state index in [2.05, 4.69) is 27.7 Å². The molecule has 0 bridgehead atoms. The minimum Gasteiger partial charge on any atom is -0.497 e. The van der Waals surface area contributed by atoms with E-state index < -0.39 is 5.97 Å². The predicted octanol–water partition coefficient (Wildman–Crippen LogP) is 8.56. The molecule has 1 aliphatic rings. The lowest BCUT2D eigenvalue weighted by molar-refractivity contribution is -0.137. The Morgan fingerprint density at radius 3 is 2.40 bits per heavy atom. The number of hydrogen-bond acceptors (Lipinski definition) is 4. The summed E-state index contributed by atoms with van der Waals surface area (Å²) in [5.74, 6) is 0.119. The van der Waals surface area contributed by atoms with Gasteiger partial charge in [-0.2, -0.15) is 0 Å². The number of carbonyl (C=O) groups is 1. The maximum absolute atomic E-state index is 15.1. The second-order valence-electron chi connectivity index (χ2n) is 11.9. The van der Waals surface area contributed by atoms with E-state index in [1.165, 1.54) is 6.07 Å². The number of halogens is 1. The van der Waals surface area contributed by atoms with Gasteiger partial charge in [0.05, 0.1) is 19.6 Å². The van der Waals surface area contributed by atoms with Crippen molar-refractivity contribution in [3.05, 3.63) is 83.2 Å². The summed E-state index contributed by atoms with van der Waals surface area (Å²) in [4.78, 5) is 11.6. The molecule has 2 atom stereocenters. The summed E-state index contributed by atoms with van der Waals surface area (Å²) in [5.41, 5.74) is 3.85. The lowest BCUT2D eigenvalue weighted by atomic mass is 9.77. The van der Waals surface area contributed by atoms with Crippen molar-refractivity contribution < 1.29 is 28.5 Å². The molecule has 4 rings (SSSR count). The monoisotopic (exact) mass is 548 g/mol. The highest BCUT2D eigenvalue weighted by atomic mass is 19.1. The third kappa shape index (κ3) is 6.49. The molecule has 214 valence electrons. The van der Waals surface area contributed by atoms with Gasteiger partial charge in [0.15, 0.2) is 0 Å². The van der Waals surface area contributed by atoms with E-state index in [0.29, 0.717) is 23.7 Å². The van der Waals surface area contributed by atoms with Gasteiger partial charge < -0.3 is 19.3 Å². The van der Waals surface area contributed by atoms with Crippen LogP contribution in [0.4, 0.5) is 4.39 Å². The van der Waals surface area contributed by atoms with E-state index in [4.69, 9.17) is 14.2 Å². The highest BCUT2D eigenvalue weighted by Gasteiger charge is 2.46. The number of hydrogen-bond donors (Lipinski definition) is 1. The number of methoxy groups -OCH3 is 2. The molecule has 1 saturated carbocycles. The average molecular weight is 549 g/mol. The van der Waals surface area contributed by atoms with Crippen molar-refractivity contribution in [1.29, 1.82) is 0 Å². The van der Waals surface area contributed by atoms with Crippen LogP contribution in [-0.2, 0) is 16.1 Å². The van der Waals surface area contributed by atoms with Crippen molar-refractivity contribution in [1.82, 2.24) is 0 Å². The first-order chi connectivity index (χ1) is 19.0. The lowest BCUT2D eigenvalue weighted by Gasteiger charge is -2.34. The van der Waals surface area contributed by atoms with E-state index in [0.717, 1.165) is 41.5 Å². The first-order valence-electron chi connectivity index (χ1n) is 14.0. The normalized spacial score (nSPS) is 15.8. The number of aliphatic carboxylic acids is 1. The summed E-state index contributed by atoms with van der Waals surface area (Å²) in [6, 6.07) is 18.5. The molecule has 3 aromatic rings. The van der Waals surface area contributed by atoms with E-state index in [9.17, 15) is 9.90 Å². The predicted molar refractivity (Wildman–Crippen MR) is 155 cm³/mol. The molecule has 0 aromatic heterocycles. The lowest BCUT2D eigenvalue weighted by Crippen LogP contribution is -2.24. The molecule has 5 nitrogen and oxygen atoms in total. The molecule has 0 heterocycles. The van der Waals surface area contributed by atoms with Crippen LogP contribution in [0.15, 0.2) is 60.7 Å². The minimum atomic E-state index is -0.785. The van der Waals surface area contributed by atoms with Crippen LogP contribution in [0.5, 0.6) is 11.5 Å². The fraction of sp³-hybridized carbons (Fsp3) is 0.441. The van der Waals surface area contributed by atoms with Crippen LogP contribution in [0.3, 0.4) is 0 Å². The SMILES string of the molecule is CCC(C)(C)[C@@H](OC)c1cc(COc2cccc([C@@H](CC(=O)O)C3(C)CC3)c2)ccc1-c1cc(OC)ccc1F. The van der Waals surface area contributed by atoms with E-state index >= 15 is 4.39 Å². The number of carboxylic acids is 1. The number of ether oxygens (including phenoxy) is 3. The highest BCUT2D eigenvalue weighted by Crippen LogP contribution is 2.57. The van der Waals surface area contributed by atoms with Gasteiger partial charge in [0.25, 0.3) is 0 Å². The van der Waals surface area contributed by atoms with Crippen LogP contribution in [-0.4, -0.2) is 25.3 Å². The third-order valence-corrected chi connectivity index (χ3v) is 8.64. The molecule has 0 aliphatic heterocycles. The van der Waals surface area contributed by atoms with Gasteiger partial charge in [0.1, 0.15) is 23.9 Å². The standard InChI is InChI=1S/C34H41FO5/c1-7-33(2,3)32(39-6)28-17-22(11-13-26(28)27-19-24(38-5)12-14-30(27)35)21-40-25-10-8-9-23(18-25)29(20-31(36)37)34(4)15-16-34/h8-14,17-19,29,32H,7,15-16,20-21H2,1-6H3,(H,36,37)/t29-,32+/m1/s1. The van der Waals surface area contributed by atoms with Crippen molar-refractivity contribution >= 4 is 5.97 Å². The number of rotatable bonds is 13. The molecule has 0 radical (unpaired) electrons. The minimum absolute atomic E-state index is 0.0262. The topological polar surface area (TPSA) is 65.0 Å². The molecule has 0 spiro atoms. The second-order valence-corrected chi connectivity index (χ2v) is 11.9. The van der Waals surface area contributed by atoms with Crippen LogP contribution in [0.25, 0.3) is 11.1 Å². The Kier molecular flexibility index (Phi) is 8.89. The number of benzene rings is 3. The fourth-order valence-corrected chi connectivity index (χ4v) is 5.53. The summed E-state index contributed by atoms with van der Waals surface area (Å²) < 4.78 is 32.7. The van der Waals surface area contributed by atoms with Crippen molar-refractivity contribution in [3.8, 4) is 22.6 Å². The van der Waals surface area contributed by atoms with Crippen LogP contribution < -0.4 is 9.47 Å².